The van der Waals surface area contributed by atoms with Crippen molar-refractivity contribution in [2.75, 3.05) is 32.7 Å². The summed E-state index contributed by atoms with van der Waals surface area (Å²) in [5.41, 5.74) is 1.82. The molecule has 31 heavy (non-hydrogen) atoms. The highest BCUT2D eigenvalue weighted by atomic mass is 19.1. The summed E-state index contributed by atoms with van der Waals surface area (Å²) in [4.78, 5) is 43.1. The number of halogens is 1. The second kappa shape index (κ2) is 9.29. The van der Waals surface area contributed by atoms with Gasteiger partial charge in [0.15, 0.2) is 0 Å². The van der Waals surface area contributed by atoms with E-state index in [4.69, 9.17) is 0 Å². The average Bonchev–Trinajstić information content (AvgIpc) is 3.15. The molecule has 4 rings (SSSR count). The molecule has 6 nitrogen and oxygen atoms in total. The van der Waals surface area contributed by atoms with E-state index in [-0.39, 0.29) is 42.3 Å². The first-order valence-corrected chi connectivity index (χ1v) is 10.6. The highest BCUT2D eigenvalue weighted by molar-refractivity contribution is 5.89. The molecule has 0 aliphatic carbocycles. The molecule has 0 spiro atoms. The van der Waals surface area contributed by atoms with Crippen LogP contribution >= 0.6 is 0 Å². The molecule has 2 fully saturated rings. The number of carbonyl (C=O) groups is 3. The molecule has 0 bridgehead atoms. The van der Waals surface area contributed by atoms with E-state index in [2.05, 4.69) is 0 Å². The lowest BCUT2D eigenvalue weighted by atomic mass is 10.1. The van der Waals surface area contributed by atoms with Gasteiger partial charge in [-0.05, 0) is 23.3 Å². The maximum Gasteiger partial charge on any atom is 0.228 e. The summed E-state index contributed by atoms with van der Waals surface area (Å²) in [6, 6.07) is 15.7. The predicted molar refractivity (Wildman–Crippen MR) is 113 cm³/mol. The number of carbonyl (C=O) groups excluding carboxylic acids is 3. The van der Waals surface area contributed by atoms with Gasteiger partial charge in [-0.15, -0.1) is 0 Å². The molecular formula is C24H26FN3O3. The van der Waals surface area contributed by atoms with Crippen molar-refractivity contribution in [2.45, 2.75) is 19.4 Å². The Morgan fingerprint density at radius 2 is 1.52 bits per heavy atom. The number of likely N-dealkylation sites (tertiary alicyclic amines) is 1. The second-order valence-electron chi connectivity index (χ2n) is 8.17. The van der Waals surface area contributed by atoms with Crippen LogP contribution in [0.3, 0.4) is 0 Å². The van der Waals surface area contributed by atoms with E-state index in [1.165, 1.54) is 12.1 Å². The molecule has 3 amide bonds. The Hall–Kier alpha value is -3.22. The van der Waals surface area contributed by atoms with Crippen molar-refractivity contribution < 1.29 is 18.8 Å². The first-order valence-electron chi connectivity index (χ1n) is 10.6. The van der Waals surface area contributed by atoms with Crippen molar-refractivity contribution >= 4 is 17.7 Å². The van der Waals surface area contributed by atoms with Gasteiger partial charge in [-0.2, -0.15) is 0 Å². The van der Waals surface area contributed by atoms with Crippen molar-refractivity contribution in [3.8, 4) is 0 Å². The predicted octanol–water partition coefficient (Wildman–Crippen LogP) is 2.09. The summed E-state index contributed by atoms with van der Waals surface area (Å²) in [5, 5.41) is 0. The zero-order chi connectivity index (χ0) is 21.8. The molecule has 1 atom stereocenters. The van der Waals surface area contributed by atoms with Crippen LogP contribution in [0.2, 0.25) is 0 Å². The molecule has 2 aromatic carbocycles. The second-order valence-corrected chi connectivity index (χ2v) is 8.17. The van der Waals surface area contributed by atoms with Crippen LogP contribution in [0, 0.1) is 11.7 Å². The number of benzene rings is 2. The standard InChI is InChI=1S/C24H26FN3O3/c25-21-8-6-18(7-9-21)14-22(29)26-10-12-27(13-11-26)24(31)20-15-23(30)28(17-20)16-19-4-2-1-3-5-19/h1-9,20H,10-17H2. The van der Waals surface area contributed by atoms with Crippen LogP contribution in [0.15, 0.2) is 54.6 Å². The van der Waals surface area contributed by atoms with Crippen LogP contribution in [0.25, 0.3) is 0 Å². The first-order chi connectivity index (χ1) is 15.0. The van der Waals surface area contributed by atoms with Gasteiger partial charge in [0.1, 0.15) is 5.82 Å². The van der Waals surface area contributed by atoms with Gasteiger partial charge < -0.3 is 14.7 Å². The highest BCUT2D eigenvalue weighted by Gasteiger charge is 2.37. The highest BCUT2D eigenvalue weighted by Crippen LogP contribution is 2.23. The Morgan fingerprint density at radius 3 is 2.19 bits per heavy atom. The van der Waals surface area contributed by atoms with Crippen LogP contribution in [-0.4, -0.2) is 65.1 Å². The van der Waals surface area contributed by atoms with E-state index >= 15 is 0 Å². The molecule has 2 heterocycles. The van der Waals surface area contributed by atoms with Gasteiger partial charge in [-0.3, -0.25) is 14.4 Å². The summed E-state index contributed by atoms with van der Waals surface area (Å²) in [6.07, 6.45) is 0.467. The van der Waals surface area contributed by atoms with E-state index in [9.17, 15) is 18.8 Å². The summed E-state index contributed by atoms with van der Waals surface area (Å²) in [5.74, 6) is -0.664. The van der Waals surface area contributed by atoms with Crippen molar-refractivity contribution in [3.63, 3.8) is 0 Å². The monoisotopic (exact) mass is 423 g/mol. The third kappa shape index (κ3) is 5.10. The van der Waals surface area contributed by atoms with Gasteiger partial charge in [0.2, 0.25) is 17.7 Å². The number of rotatable bonds is 5. The molecular weight excluding hydrogens is 397 g/mol. The number of hydrogen-bond acceptors (Lipinski definition) is 3. The van der Waals surface area contributed by atoms with Crippen LogP contribution in [0.4, 0.5) is 4.39 Å². The summed E-state index contributed by atoms with van der Waals surface area (Å²) in [7, 11) is 0. The molecule has 2 saturated heterocycles. The molecule has 162 valence electrons. The molecule has 2 aliphatic heterocycles. The summed E-state index contributed by atoms with van der Waals surface area (Å²) in [6.45, 7) is 2.85. The maximum absolute atomic E-state index is 13.0. The Morgan fingerprint density at radius 1 is 0.871 bits per heavy atom. The Bertz CT molecular complexity index is 940. The largest absolute Gasteiger partial charge is 0.339 e. The lowest BCUT2D eigenvalue weighted by molar-refractivity contribution is -0.141. The zero-order valence-electron chi connectivity index (χ0n) is 17.4. The lowest BCUT2D eigenvalue weighted by Crippen LogP contribution is -2.52. The van der Waals surface area contributed by atoms with Gasteiger partial charge in [0, 0.05) is 45.7 Å². The van der Waals surface area contributed by atoms with Crippen LogP contribution in [0.5, 0.6) is 0 Å². The van der Waals surface area contributed by atoms with Crippen molar-refractivity contribution in [3.05, 3.63) is 71.5 Å². The van der Waals surface area contributed by atoms with Crippen molar-refractivity contribution in [2.24, 2.45) is 5.92 Å². The fourth-order valence-electron chi connectivity index (χ4n) is 4.22. The van der Waals surface area contributed by atoms with Crippen LogP contribution in [0.1, 0.15) is 17.5 Å². The molecule has 0 aromatic heterocycles. The maximum atomic E-state index is 13.0. The molecule has 0 saturated carbocycles. The molecule has 7 heteroatoms. The van der Waals surface area contributed by atoms with E-state index in [1.807, 2.05) is 30.3 Å². The van der Waals surface area contributed by atoms with Gasteiger partial charge in [0.25, 0.3) is 0 Å². The van der Waals surface area contributed by atoms with E-state index < -0.39 is 0 Å². The topological polar surface area (TPSA) is 60.9 Å². The molecule has 1 unspecified atom stereocenters. The summed E-state index contributed by atoms with van der Waals surface area (Å²) >= 11 is 0. The average molecular weight is 423 g/mol. The molecule has 0 radical (unpaired) electrons. The molecule has 2 aromatic rings. The normalized spacial score (nSPS) is 19.1. The van der Waals surface area contributed by atoms with Gasteiger partial charge in [-0.25, -0.2) is 4.39 Å². The minimum Gasteiger partial charge on any atom is -0.339 e. The van der Waals surface area contributed by atoms with Crippen LogP contribution < -0.4 is 0 Å². The van der Waals surface area contributed by atoms with E-state index in [0.29, 0.717) is 39.3 Å². The Labute approximate surface area is 181 Å². The minimum absolute atomic E-state index is 0.00505. The zero-order valence-corrected chi connectivity index (χ0v) is 17.4. The number of piperazine rings is 1. The fourth-order valence-corrected chi connectivity index (χ4v) is 4.22. The minimum atomic E-state index is -0.323. The number of amides is 3. The van der Waals surface area contributed by atoms with Crippen LogP contribution in [-0.2, 0) is 27.3 Å². The molecule has 0 N–H and O–H groups in total. The lowest BCUT2D eigenvalue weighted by Gasteiger charge is -2.36. The number of nitrogens with zero attached hydrogens (tertiary/aromatic N) is 3. The fraction of sp³-hybridized carbons (Fsp3) is 0.375. The quantitative estimate of drug-likeness (QED) is 0.740. The van der Waals surface area contributed by atoms with Gasteiger partial charge in [0.05, 0.1) is 12.3 Å². The van der Waals surface area contributed by atoms with Gasteiger partial charge >= 0.3 is 0 Å². The van der Waals surface area contributed by atoms with Gasteiger partial charge in [-0.1, -0.05) is 42.5 Å². The SMILES string of the molecule is O=C(Cc1ccc(F)cc1)N1CCN(C(=O)C2CC(=O)N(Cc3ccccc3)C2)CC1. The van der Waals surface area contributed by atoms with E-state index in [1.54, 1.807) is 26.8 Å². The van der Waals surface area contributed by atoms with Crippen molar-refractivity contribution in [1.82, 2.24) is 14.7 Å². The smallest absolute Gasteiger partial charge is 0.228 e. The number of hydrogen-bond donors (Lipinski definition) is 0. The van der Waals surface area contributed by atoms with Crippen molar-refractivity contribution in [1.29, 1.82) is 0 Å². The Kier molecular flexibility index (Phi) is 6.30. The van der Waals surface area contributed by atoms with E-state index in [0.717, 1.165) is 11.1 Å². The third-order valence-electron chi connectivity index (χ3n) is 5.99. The summed E-state index contributed by atoms with van der Waals surface area (Å²) < 4.78 is 13.0. The molecule has 2 aliphatic rings. The Balaban J connectivity index is 1.26. The third-order valence-corrected chi connectivity index (χ3v) is 5.99. The first kappa shape index (κ1) is 21.0.